The lowest BCUT2D eigenvalue weighted by Gasteiger charge is -2.29. The molecule has 0 saturated carbocycles. The molecule has 1 rings (SSSR count). The first-order valence-corrected chi connectivity index (χ1v) is 14.5. The number of carbonyl (C=O) groups is 5. The number of rotatable bonds is 17. The SMILES string of the molecule is CSCC[C@H](N)C(=O)NCC(=O)N[C@@H](CCCN=C(N)N)C(=O)N1CCC[C@H]1C(=O)N[C@@H](CC(C)C)C(=O)O. The summed E-state index contributed by atoms with van der Waals surface area (Å²) in [5.41, 5.74) is 16.5. The third kappa shape index (κ3) is 12.6. The molecule has 10 N–H and O–H groups in total. The third-order valence-electron chi connectivity index (χ3n) is 6.13. The zero-order valence-electron chi connectivity index (χ0n) is 23.0. The Morgan fingerprint density at radius 1 is 1.10 bits per heavy atom. The predicted molar refractivity (Wildman–Crippen MR) is 150 cm³/mol. The summed E-state index contributed by atoms with van der Waals surface area (Å²) in [5, 5.41) is 17.2. The minimum atomic E-state index is -1.15. The fraction of sp³-hybridized carbons (Fsp3) is 0.750. The molecular formula is C24H44N8O6S. The van der Waals surface area contributed by atoms with Gasteiger partial charge in [-0.25, -0.2) is 4.79 Å². The molecule has 1 saturated heterocycles. The van der Waals surface area contributed by atoms with E-state index in [1.807, 2.05) is 20.1 Å². The van der Waals surface area contributed by atoms with E-state index < -0.39 is 53.8 Å². The summed E-state index contributed by atoms with van der Waals surface area (Å²) in [4.78, 5) is 68.2. The molecule has 0 bridgehead atoms. The van der Waals surface area contributed by atoms with Crippen molar-refractivity contribution in [1.29, 1.82) is 0 Å². The van der Waals surface area contributed by atoms with Crippen LogP contribution in [0.15, 0.2) is 4.99 Å². The number of carboxylic acids is 1. The van der Waals surface area contributed by atoms with Gasteiger partial charge in [-0.05, 0) is 56.5 Å². The van der Waals surface area contributed by atoms with Crippen LogP contribution in [0.5, 0.6) is 0 Å². The van der Waals surface area contributed by atoms with Crippen LogP contribution in [0.4, 0.5) is 0 Å². The van der Waals surface area contributed by atoms with Gasteiger partial charge in [0.2, 0.25) is 23.6 Å². The van der Waals surface area contributed by atoms with Gasteiger partial charge >= 0.3 is 5.97 Å². The minimum absolute atomic E-state index is 0.0399. The van der Waals surface area contributed by atoms with Gasteiger partial charge in [0.05, 0.1) is 12.6 Å². The average Bonchev–Trinajstić information content (AvgIpc) is 3.36. The number of amides is 4. The second kappa shape index (κ2) is 17.5. The molecule has 0 unspecified atom stereocenters. The lowest BCUT2D eigenvalue weighted by atomic mass is 10.0. The largest absolute Gasteiger partial charge is 0.480 e. The summed E-state index contributed by atoms with van der Waals surface area (Å²) < 4.78 is 0. The molecule has 15 heteroatoms. The van der Waals surface area contributed by atoms with Crippen molar-refractivity contribution in [3.05, 3.63) is 0 Å². The van der Waals surface area contributed by atoms with Crippen molar-refractivity contribution in [2.75, 3.05) is 31.6 Å². The first kappa shape index (κ1) is 34.0. The summed E-state index contributed by atoms with van der Waals surface area (Å²) in [6.07, 6.45) is 4.05. The van der Waals surface area contributed by atoms with Crippen molar-refractivity contribution >= 4 is 47.3 Å². The van der Waals surface area contributed by atoms with Gasteiger partial charge in [0.1, 0.15) is 18.1 Å². The van der Waals surface area contributed by atoms with Gasteiger partial charge < -0.3 is 43.2 Å². The van der Waals surface area contributed by atoms with Crippen LogP contribution in [0.1, 0.15) is 52.4 Å². The van der Waals surface area contributed by atoms with Crippen molar-refractivity contribution in [3.63, 3.8) is 0 Å². The van der Waals surface area contributed by atoms with Crippen LogP contribution >= 0.6 is 11.8 Å². The highest BCUT2D eigenvalue weighted by molar-refractivity contribution is 7.98. The van der Waals surface area contributed by atoms with Crippen LogP contribution in [-0.2, 0) is 24.0 Å². The number of hydrogen-bond donors (Lipinski definition) is 7. The number of carboxylic acid groups (broad SMARTS) is 1. The van der Waals surface area contributed by atoms with Crippen molar-refractivity contribution in [1.82, 2.24) is 20.9 Å². The predicted octanol–water partition coefficient (Wildman–Crippen LogP) is -1.67. The number of likely N-dealkylation sites (tertiary alicyclic amines) is 1. The number of hydrogen-bond acceptors (Lipinski definition) is 8. The molecule has 4 atom stereocenters. The Balaban J connectivity index is 2.92. The van der Waals surface area contributed by atoms with Gasteiger partial charge in [0.15, 0.2) is 5.96 Å². The molecule has 0 spiro atoms. The normalized spacial score (nSPS) is 17.2. The summed E-state index contributed by atoms with van der Waals surface area (Å²) in [6, 6.07) is -3.70. The van der Waals surface area contributed by atoms with E-state index in [1.54, 1.807) is 11.8 Å². The fourth-order valence-electron chi connectivity index (χ4n) is 4.14. The zero-order valence-corrected chi connectivity index (χ0v) is 23.8. The van der Waals surface area contributed by atoms with E-state index in [-0.39, 0.29) is 44.4 Å². The monoisotopic (exact) mass is 572 g/mol. The van der Waals surface area contributed by atoms with E-state index in [0.29, 0.717) is 31.4 Å². The summed E-state index contributed by atoms with van der Waals surface area (Å²) in [7, 11) is 0. The minimum Gasteiger partial charge on any atom is -0.480 e. The number of aliphatic carboxylic acids is 1. The van der Waals surface area contributed by atoms with Crippen molar-refractivity contribution in [2.45, 2.75) is 76.5 Å². The molecular weight excluding hydrogens is 528 g/mol. The maximum atomic E-state index is 13.5. The second-order valence-corrected chi connectivity index (χ2v) is 10.9. The van der Waals surface area contributed by atoms with Crippen LogP contribution in [0.3, 0.4) is 0 Å². The molecule has 0 aromatic rings. The molecule has 1 aliphatic heterocycles. The fourth-order valence-corrected chi connectivity index (χ4v) is 4.63. The molecule has 1 aliphatic rings. The molecule has 1 heterocycles. The van der Waals surface area contributed by atoms with E-state index in [4.69, 9.17) is 17.2 Å². The number of nitrogens with one attached hydrogen (secondary N) is 3. The van der Waals surface area contributed by atoms with Gasteiger partial charge in [-0.3, -0.25) is 24.2 Å². The molecule has 14 nitrogen and oxygen atoms in total. The zero-order chi connectivity index (χ0) is 29.5. The Bertz CT molecular complexity index is 883. The van der Waals surface area contributed by atoms with E-state index >= 15 is 0 Å². The Hall–Kier alpha value is -3.07. The second-order valence-electron chi connectivity index (χ2n) is 9.89. The average molecular weight is 573 g/mol. The number of guanidine groups is 1. The molecule has 0 radical (unpaired) electrons. The van der Waals surface area contributed by atoms with Crippen LogP contribution in [0.25, 0.3) is 0 Å². The highest BCUT2D eigenvalue weighted by Gasteiger charge is 2.38. The first-order valence-electron chi connectivity index (χ1n) is 13.1. The molecule has 0 aliphatic carbocycles. The van der Waals surface area contributed by atoms with Gasteiger partial charge in [-0.1, -0.05) is 13.8 Å². The van der Waals surface area contributed by atoms with Gasteiger partial charge in [-0.2, -0.15) is 11.8 Å². The Morgan fingerprint density at radius 2 is 1.79 bits per heavy atom. The van der Waals surface area contributed by atoms with E-state index in [2.05, 4.69) is 20.9 Å². The molecule has 0 aromatic carbocycles. The number of nitrogens with zero attached hydrogens (tertiary/aromatic N) is 2. The highest BCUT2D eigenvalue weighted by atomic mass is 32.2. The topological polar surface area (TPSA) is 235 Å². The quantitative estimate of drug-likeness (QED) is 0.0594. The van der Waals surface area contributed by atoms with E-state index in [1.165, 1.54) is 4.90 Å². The van der Waals surface area contributed by atoms with Crippen LogP contribution in [0.2, 0.25) is 0 Å². The first-order chi connectivity index (χ1) is 18.4. The van der Waals surface area contributed by atoms with Crippen molar-refractivity contribution in [3.8, 4) is 0 Å². The van der Waals surface area contributed by atoms with Gasteiger partial charge in [-0.15, -0.1) is 0 Å². The molecule has 222 valence electrons. The molecule has 39 heavy (non-hydrogen) atoms. The molecule has 0 aromatic heterocycles. The van der Waals surface area contributed by atoms with Crippen molar-refractivity contribution < 1.29 is 29.1 Å². The number of aliphatic imine (C=N–C) groups is 1. The smallest absolute Gasteiger partial charge is 0.326 e. The Labute approximate surface area is 233 Å². The van der Waals surface area contributed by atoms with Crippen LogP contribution < -0.4 is 33.2 Å². The van der Waals surface area contributed by atoms with E-state index in [0.717, 1.165) is 0 Å². The number of nitrogens with two attached hydrogens (primary N) is 3. The standard InChI is InChI=1S/C24H44N8O6S/c1-14(2)12-17(23(37)38)31-21(35)18-7-5-10-32(18)22(36)16(6-4-9-28-24(26)27)30-19(33)13-29-20(34)15(25)8-11-39-3/h14-18H,4-13,25H2,1-3H3,(H,29,34)(H,30,33)(H,31,35)(H,37,38)(H4,26,27,28)/t15-,16-,17-,18-/m0/s1. The summed E-state index contributed by atoms with van der Waals surface area (Å²) >= 11 is 1.55. The van der Waals surface area contributed by atoms with Crippen molar-refractivity contribution in [2.24, 2.45) is 28.1 Å². The highest BCUT2D eigenvalue weighted by Crippen LogP contribution is 2.20. The third-order valence-corrected chi connectivity index (χ3v) is 6.78. The Kier molecular flexibility index (Phi) is 15.2. The lowest BCUT2D eigenvalue weighted by molar-refractivity contribution is -0.145. The number of thioether (sulfide) groups is 1. The van der Waals surface area contributed by atoms with Crippen LogP contribution in [-0.4, -0.2) is 101 Å². The molecule has 1 fully saturated rings. The van der Waals surface area contributed by atoms with E-state index in [9.17, 15) is 29.1 Å². The molecule has 4 amide bonds. The Morgan fingerprint density at radius 3 is 2.38 bits per heavy atom. The number of carbonyl (C=O) groups excluding carboxylic acids is 4. The summed E-state index contributed by atoms with van der Waals surface area (Å²) in [6.45, 7) is 3.83. The summed E-state index contributed by atoms with van der Waals surface area (Å²) in [5.74, 6) is -2.61. The van der Waals surface area contributed by atoms with Crippen LogP contribution in [0, 0.1) is 5.92 Å². The maximum absolute atomic E-state index is 13.5. The lowest BCUT2D eigenvalue weighted by Crippen LogP contribution is -2.56. The van der Waals surface area contributed by atoms with Gasteiger partial charge in [0.25, 0.3) is 0 Å². The van der Waals surface area contributed by atoms with Gasteiger partial charge in [0, 0.05) is 13.1 Å². The maximum Gasteiger partial charge on any atom is 0.326 e.